The van der Waals surface area contributed by atoms with Crippen LogP contribution in [0.4, 0.5) is 0 Å². The summed E-state index contributed by atoms with van der Waals surface area (Å²) in [6.07, 6.45) is 4.11. The number of para-hydroxylation sites is 1. The smallest absolute Gasteiger partial charge is 0.263 e. The van der Waals surface area contributed by atoms with E-state index >= 15 is 0 Å². The third kappa shape index (κ3) is 2.81. The largest absolute Gasteiger partial charge is 0.284 e. The van der Waals surface area contributed by atoms with Gasteiger partial charge in [-0.1, -0.05) is 25.1 Å². The number of fused-ring (bicyclic) bond motifs is 3. The lowest BCUT2D eigenvalue weighted by Crippen LogP contribution is -2.34. The van der Waals surface area contributed by atoms with Crippen molar-refractivity contribution in [3.05, 3.63) is 52.0 Å². The van der Waals surface area contributed by atoms with Crippen molar-refractivity contribution in [3.63, 3.8) is 0 Å². The zero-order valence-electron chi connectivity index (χ0n) is 15.0. The first-order valence-electron chi connectivity index (χ1n) is 9.04. The quantitative estimate of drug-likeness (QED) is 0.524. The van der Waals surface area contributed by atoms with Crippen LogP contribution in [0.15, 0.2) is 41.7 Å². The van der Waals surface area contributed by atoms with Gasteiger partial charge in [-0.3, -0.25) is 18.7 Å². The number of allylic oxidation sites excluding steroid dienone is 1. The fourth-order valence-electron chi connectivity index (χ4n) is 3.65. The van der Waals surface area contributed by atoms with E-state index in [1.54, 1.807) is 10.6 Å². The summed E-state index contributed by atoms with van der Waals surface area (Å²) in [5.41, 5.74) is 0.739. The summed E-state index contributed by atoms with van der Waals surface area (Å²) >= 11 is 5.73. The van der Waals surface area contributed by atoms with E-state index < -0.39 is 0 Å². The molecule has 1 aliphatic rings. The average molecular weight is 369 g/mol. The highest BCUT2D eigenvalue weighted by Gasteiger charge is 2.19. The molecule has 0 atom stereocenters. The van der Waals surface area contributed by atoms with E-state index in [1.807, 2.05) is 33.3 Å². The van der Waals surface area contributed by atoms with Gasteiger partial charge in [0.05, 0.1) is 17.6 Å². The summed E-state index contributed by atoms with van der Waals surface area (Å²) in [7, 11) is 0. The number of piperidine rings is 1. The molecule has 0 spiro atoms. The van der Waals surface area contributed by atoms with Crippen molar-refractivity contribution in [2.24, 2.45) is 5.92 Å². The minimum absolute atomic E-state index is 0.0630. The molecule has 1 saturated heterocycles. The Kier molecular flexibility index (Phi) is 4.50. The zero-order valence-corrected chi connectivity index (χ0v) is 15.8. The minimum Gasteiger partial charge on any atom is -0.284 e. The van der Waals surface area contributed by atoms with Crippen molar-refractivity contribution in [2.75, 3.05) is 13.1 Å². The van der Waals surface area contributed by atoms with Crippen LogP contribution in [0.2, 0.25) is 0 Å². The van der Waals surface area contributed by atoms with E-state index in [9.17, 15) is 4.79 Å². The summed E-state index contributed by atoms with van der Waals surface area (Å²) in [6, 6.07) is 7.55. The number of likely N-dealkylation sites (tertiary alicyclic amines) is 1. The molecule has 1 aromatic carbocycles. The van der Waals surface area contributed by atoms with Gasteiger partial charge in [0.25, 0.3) is 5.56 Å². The van der Waals surface area contributed by atoms with Crippen molar-refractivity contribution in [3.8, 4) is 0 Å². The Labute approximate surface area is 157 Å². The third-order valence-corrected chi connectivity index (χ3v) is 5.60. The van der Waals surface area contributed by atoms with E-state index in [1.165, 1.54) is 12.8 Å². The molecule has 0 radical (unpaired) electrons. The van der Waals surface area contributed by atoms with Gasteiger partial charge in [-0.05, 0) is 43.1 Å². The Bertz CT molecular complexity index is 1080. The van der Waals surface area contributed by atoms with E-state index in [0.29, 0.717) is 29.1 Å². The fourth-order valence-corrected chi connectivity index (χ4v) is 3.92. The first kappa shape index (κ1) is 17.2. The highest BCUT2D eigenvalue weighted by molar-refractivity contribution is 7.71. The first-order chi connectivity index (χ1) is 12.6. The molecule has 4 rings (SSSR count). The average Bonchev–Trinajstić information content (AvgIpc) is 2.97. The molecule has 3 aromatic rings. The number of nitrogens with zero attached hydrogens (tertiary/aromatic N) is 5. The van der Waals surface area contributed by atoms with E-state index in [2.05, 4.69) is 18.4 Å². The second-order valence-corrected chi connectivity index (χ2v) is 7.45. The summed E-state index contributed by atoms with van der Waals surface area (Å²) in [5.74, 6) is 1.35. The van der Waals surface area contributed by atoms with Gasteiger partial charge in [0, 0.05) is 19.6 Å². The molecule has 2 aromatic heterocycles. The molecule has 1 aliphatic heterocycles. The lowest BCUT2D eigenvalue weighted by atomic mass is 10.00. The van der Waals surface area contributed by atoms with Crippen LogP contribution in [0.3, 0.4) is 0 Å². The normalized spacial score (nSPS) is 16.5. The van der Waals surface area contributed by atoms with Gasteiger partial charge in [0.15, 0.2) is 0 Å². The minimum atomic E-state index is -0.0630. The van der Waals surface area contributed by atoms with Crippen molar-refractivity contribution in [2.45, 2.75) is 33.0 Å². The van der Waals surface area contributed by atoms with Gasteiger partial charge in [-0.2, -0.15) is 0 Å². The first-order valence-corrected chi connectivity index (χ1v) is 9.45. The third-order valence-electron chi connectivity index (χ3n) is 5.21. The van der Waals surface area contributed by atoms with Crippen LogP contribution in [0.25, 0.3) is 16.7 Å². The van der Waals surface area contributed by atoms with Gasteiger partial charge in [-0.15, -0.1) is 11.7 Å². The van der Waals surface area contributed by atoms with Crippen LogP contribution >= 0.6 is 12.2 Å². The van der Waals surface area contributed by atoms with Crippen LogP contribution < -0.4 is 5.56 Å². The Balaban J connectivity index is 1.89. The van der Waals surface area contributed by atoms with Crippen LogP contribution in [0.1, 0.15) is 19.8 Å². The summed E-state index contributed by atoms with van der Waals surface area (Å²) in [5, 5.41) is 5.35. The van der Waals surface area contributed by atoms with Crippen molar-refractivity contribution in [1.29, 1.82) is 0 Å². The predicted octanol–water partition coefficient (Wildman–Crippen LogP) is 3.06. The Hall–Kier alpha value is -2.25. The molecule has 0 unspecified atom stereocenters. The molecule has 0 amide bonds. The topological polar surface area (TPSA) is 47.5 Å². The highest BCUT2D eigenvalue weighted by atomic mass is 32.1. The molecule has 0 aliphatic carbocycles. The van der Waals surface area contributed by atoms with Crippen LogP contribution in [-0.4, -0.2) is 36.7 Å². The van der Waals surface area contributed by atoms with Crippen LogP contribution in [-0.2, 0) is 13.2 Å². The lowest BCUT2D eigenvalue weighted by molar-refractivity contribution is 0.146. The Morgan fingerprint density at radius 1 is 1.31 bits per heavy atom. The predicted molar refractivity (Wildman–Crippen MR) is 106 cm³/mol. The molecular weight excluding hydrogens is 346 g/mol. The monoisotopic (exact) mass is 369 g/mol. The van der Waals surface area contributed by atoms with Gasteiger partial charge in [0.2, 0.25) is 10.5 Å². The van der Waals surface area contributed by atoms with Gasteiger partial charge in [-0.25, -0.2) is 4.68 Å². The number of hydrogen-bond acceptors (Lipinski definition) is 4. The molecule has 7 heteroatoms. The molecule has 1 fully saturated rings. The van der Waals surface area contributed by atoms with Crippen molar-refractivity contribution in [1.82, 2.24) is 23.6 Å². The number of rotatable bonds is 4. The second kappa shape index (κ2) is 6.81. The zero-order chi connectivity index (χ0) is 18.3. The summed E-state index contributed by atoms with van der Waals surface area (Å²) in [6.45, 7) is 9.24. The molecular formula is C19H23N5OS. The standard InChI is InChI=1S/C19H23N5OS/c1-3-10-22-17(25)15-6-4-5-7-16(15)24-18(22)20-23(19(24)26)13-21-11-8-14(2)9-12-21/h3-7,14H,1,8-13H2,2H3. The van der Waals surface area contributed by atoms with E-state index in [-0.39, 0.29) is 5.56 Å². The molecule has 0 N–H and O–H groups in total. The number of aromatic nitrogens is 4. The molecule has 0 bridgehead atoms. The van der Waals surface area contributed by atoms with Gasteiger partial charge >= 0.3 is 0 Å². The highest BCUT2D eigenvalue weighted by Crippen LogP contribution is 2.18. The van der Waals surface area contributed by atoms with Gasteiger partial charge < -0.3 is 0 Å². The van der Waals surface area contributed by atoms with E-state index in [4.69, 9.17) is 17.3 Å². The van der Waals surface area contributed by atoms with Crippen LogP contribution in [0.5, 0.6) is 0 Å². The van der Waals surface area contributed by atoms with E-state index in [0.717, 1.165) is 24.5 Å². The van der Waals surface area contributed by atoms with Crippen LogP contribution in [0, 0.1) is 10.7 Å². The molecule has 3 heterocycles. The van der Waals surface area contributed by atoms with Crippen molar-refractivity contribution < 1.29 is 0 Å². The Morgan fingerprint density at radius 3 is 2.77 bits per heavy atom. The summed E-state index contributed by atoms with van der Waals surface area (Å²) in [4.78, 5) is 15.3. The maximum atomic E-state index is 12.9. The lowest BCUT2D eigenvalue weighted by Gasteiger charge is -2.29. The molecule has 6 nitrogen and oxygen atoms in total. The molecule has 0 saturated carbocycles. The van der Waals surface area contributed by atoms with Gasteiger partial charge in [0.1, 0.15) is 0 Å². The fraction of sp³-hybridized carbons (Fsp3) is 0.421. The number of benzene rings is 1. The molecule has 26 heavy (non-hydrogen) atoms. The SMILES string of the molecule is C=CCn1c(=O)c2ccccc2n2c(=S)n(CN3CCC(C)CC3)nc12. The second-order valence-electron chi connectivity index (χ2n) is 7.08. The van der Waals surface area contributed by atoms with Crippen molar-refractivity contribution >= 4 is 28.9 Å². The Morgan fingerprint density at radius 2 is 2.04 bits per heavy atom. The maximum Gasteiger partial charge on any atom is 0.263 e. The molecule has 136 valence electrons. The maximum absolute atomic E-state index is 12.9. The summed E-state index contributed by atoms with van der Waals surface area (Å²) < 4.78 is 6.00. The number of hydrogen-bond donors (Lipinski definition) is 0.